The molecule has 0 aromatic heterocycles. The van der Waals surface area contributed by atoms with E-state index in [-0.39, 0.29) is 0 Å². The second-order valence-electron chi connectivity index (χ2n) is 4.33. The highest BCUT2D eigenvalue weighted by Gasteiger charge is 2.09. The highest BCUT2D eigenvalue weighted by molar-refractivity contribution is 5.48. The SMILES string of the molecule is CCC#CCCc1c(C)cc(OC)c(C)c1C. The number of rotatable bonds is 3. The first-order chi connectivity index (χ1) is 8.11. The van der Waals surface area contributed by atoms with Crippen molar-refractivity contribution in [3.8, 4) is 17.6 Å². The van der Waals surface area contributed by atoms with Gasteiger partial charge in [-0.3, -0.25) is 0 Å². The van der Waals surface area contributed by atoms with Crippen molar-refractivity contribution in [3.63, 3.8) is 0 Å². The molecule has 17 heavy (non-hydrogen) atoms. The minimum atomic E-state index is 0.944. The number of ether oxygens (including phenoxy) is 1. The molecule has 1 heteroatoms. The fourth-order valence-electron chi connectivity index (χ4n) is 2.10. The van der Waals surface area contributed by atoms with Crippen LogP contribution in [0.3, 0.4) is 0 Å². The Balaban J connectivity index is 2.96. The van der Waals surface area contributed by atoms with Crippen molar-refractivity contribution in [2.75, 3.05) is 7.11 Å². The Labute approximate surface area is 105 Å². The predicted octanol–water partition coefficient (Wildman–Crippen LogP) is 3.97. The molecule has 0 saturated heterocycles. The Hall–Kier alpha value is -1.42. The lowest BCUT2D eigenvalue weighted by molar-refractivity contribution is 0.410. The summed E-state index contributed by atoms with van der Waals surface area (Å²) in [6.07, 6.45) is 2.93. The summed E-state index contributed by atoms with van der Waals surface area (Å²) >= 11 is 0. The summed E-state index contributed by atoms with van der Waals surface area (Å²) in [7, 11) is 1.73. The van der Waals surface area contributed by atoms with Crippen molar-refractivity contribution in [2.24, 2.45) is 0 Å². The van der Waals surface area contributed by atoms with Gasteiger partial charge in [-0.05, 0) is 55.5 Å². The smallest absolute Gasteiger partial charge is 0.122 e. The van der Waals surface area contributed by atoms with Gasteiger partial charge in [0.15, 0.2) is 0 Å². The molecule has 0 spiro atoms. The second-order valence-corrected chi connectivity index (χ2v) is 4.33. The molecule has 0 bridgehead atoms. The van der Waals surface area contributed by atoms with E-state index in [0.717, 1.165) is 25.0 Å². The number of aryl methyl sites for hydroxylation is 1. The van der Waals surface area contributed by atoms with Crippen molar-refractivity contribution in [1.29, 1.82) is 0 Å². The maximum absolute atomic E-state index is 5.38. The van der Waals surface area contributed by atoms with Crippen LogP contribution in [0, 0.1) is 32.6 Å². The molecule has 0 unspecified atom stereocenters. The monoisotopic (exact) mass is 230 g/mol. The summed E-state index contributed by atoms with van der Waals surface area (Å²) in [5.74, 6) is 7.31. The second kappa shape index (κ2) is 6.35. The van der Waals surface area contributed by atoms with Crippen LogP contribution in [-0.4, -0.2) is 7.11 Å². The van der Waals surface area contributed by atoms with Crippen LogP contribution in [-0.2, 0) is 6.42 Å². The summed E-state index contributed by atoms with van der Waals surface area (Å²) in [4.78, 5) is 0. The maximum atomic E-state index is 5.38. The van der Waals surface area contributed by atoms with Crippen molar-refractivity contribution < 1.29 is 4.74 Å². The molecule has 92 valence electrons. The lowest BCUT2D eigenvalue weighted by Gasteiger charge is -2.15. The van der Waals surface area contributed by atoms with Gasteiger partial charge < -0.3 is 4.74 Å². The Bertz CT molecular complexity index is 447. The topological polar surface area (TPSA) is 9.23 Å². The van der Waals surface area contributed by atoms with Crippen LogP contribution in [0.1, 0.15) is 42.0 Å². The zero-order valence-corrected chi connectivity index (χ0v) is 11.6. The molecular weight excluding hydrogens is 208 g/mol. The summed E-state index contributed by atoms with van der Waals surface area (Å²) in [6, 6.07) is 2.13. The van der Waals surface area contributed by atoms with Gasteiger partial charge in [0, 0.05) is 12.8 Å². The fourth-order valence-corrected chi connectivity index (χ4v) is 2.10. The van der Waals surface area contributed by atoms with Crippen molar-refractivity contribution in [3.05, 3.63) is 28.3 Å². The molecule has 0 atom stereocenters. The minimum Gasteiger partial charge on any atom is -0.496 e. The first kappa shape index (κ1) is 13.6. The zero-order valence-electron chi connectivity index (χ0n) is 11.6. The molecule has 0 fully saturated rings. The molecule has 1 nitrogen and oxygen atoms in total. The van der Waals surface area contributed by atoms with Gasteiger partial charge in [-0.25, -0.2) is 0 Å². The molecular formula is C16H22O. The number of benzene rings is 1. The van der Waals surface area contributed by atoms with Crippen LogP contribution < -0.4 is 4.74 Å². The number of hydrogen-bond donors (Lipinski definition) is 0. The molecule has 0 aliphatic carbocycles. The first-order valence-corrected chi connectivity index (χ1v) is 6.21. The number of hydrogen-bond acceptors (Lipinski definition) is 1. The molecule has 1 aromatic rings. The standard InChI is InChI=1S/C16H22O/c1-6-7-8-9-10-15-12(2)11-16(17-5)14(4)13(15)3/h11H,6,9-10H2,1-5H3. The van der Waals surface area contributed by atoms with E-state index in [1.54, 1.807) is 7.11 Å². The molecule has 0 saturated carbocycles. The summed E-state index contributed by atoms with van der Waals surface area (Å²) in [5, 5.41) is 0. The predicted molar refractivity (Wildman–Crippen MR) is 73.6 cm³/mol. The van der Waals surface area contributed by atoms with Gasteiger partial charge >= 0.3 is 0 Å². The first-order valence-electron chi connectivity index (χ1n) is 6.21. The van der Waals surface area contributed by atoms with Gasteiger partial charge in [0.2, 0.25) is 0 Å². The van der Waals surface area contributed by atoms with Gasteiger partial charge in [0.25, 0.3) is 0 Å². The Morgan fingerprint density at radius 2 is 1.82 bits per heavy atom. The highest BCUT2D eigenvalue weighted by atomic mass is 16.5. The zero-order chi connectivity index (χ0) is 12.8. The molecule has 1 rings (SSSR count). The lowest BCUT2D eigenvalue weighted by atomic mass is 9.94. The van der Waals surface area contributed by atoms with E-state index in [4.69, 9.17) is 4.74 Å². The molecule has 0 aliphatic heterocycles. The summed E-state index contributed by atoms with van der Waals surface area (Å²) in [5.41, 5.74) is 5.33. The summed E-state index contributed by atoms with van der Waals surface area (Å²) in [6.45, 7) is 8.53. The van der Waals surface area contributed by atoms with E-state index in [2.05, 4.69) is 45.6 Å². The molecule has 0 N–H and O–H groups in total. The van der Waals surface area contributed by atoms with Crippen LogP contribution >= 0.6 is 0 Å². The lowest BCUT2D eigenvalue weighted by Crippen LogP contribution is -1.99. The van der Waals surface area contributed by atoms with Crippen LogP contribution in [0.25, 0.3) is 0 Å². The van der Waals surface area contributed by atoms with E-state index in [9.17, 15) is 0 Å². The Morgan fingerprint density at radius 3 is 2.41 bits per heavy atom. The Morgan fingerprint density at radius 1 is 1.12 bits per heavy atom. The van der Waals surface area contributed by atoms with Gasteiger partial charge in [0.05, 0.1) is 7.11 Å². The highest BCUT2D eigenvalue weighted by Crippen LogP contribution is 2.28. The van der Waals surface area contributed by atoms with E-state index in [1.165, 1.54) is 22.3 Å². The van der Waals surface area contributed by atoms with Crippen LogP contribution in [0.15, 0.2) is 6.07 Å². The Kier molecular flexibility index (Phi) is 5.10. The maximum Gasteiger partial charge on any atom is 0.122 e. The molecule has 0 amide bonds. The van der Waals surface area contributed by atoms with Crippen molar-refractivity contribution >= 4 is 0 Å². The minimum absolute atomic E-state index is 0.944. The van der Waals surface area contributed by atoms with E-state index < -0.39 is 0 Å². The fraction of sp³-hybridized carbons (Fsp3) is 0.500. The summed E-state index contributed by atoms with van der Waals surface area (Å²) < 4.78 is 5.38. The normalized spacial score (nSPS) is 9.71. The van der Waals surface area contributed by atoms with Gasteiger partial charge in [0.1, 0.15) is 5.75 Å². The van der Waals surface area contributed by atoms with Gasteiger partial charge in [-0.2, -0.15) is 0 Å². The third-order valence-electron chi connectivity index (χ3n) is 3.23. The molecule has 0 aliphatic rings. The van der Waals surface area contributed by atoms with Gasteiger partial charge in [-0.15, -0.1) is 11.8 Å². The van der Waals surface area contributed by atoms with Crippen molar-refractivity contribution in [1.82, 2.24) is 0 Å². The van der Waals surface area contributed by atoms with Gasteiger partial charge in [-0.1, -0.05) is 6.92 Å². The van der Waals surface area contributed by atoms with Crippen LogP contribution in [0.4, 0.5) is 0 Å². The molecule has 0 radical (unpaired) electrons. The largest absolute Gasteiger partial charge is 0.496 e. The quantitative estimate of drug-likeness (QED) is 0.714. The molecule has 1 aromatic carbocycles. The number of methoxy groups -OCH3 is 1. The average Bonchev–Trinajstić information content (AvgIpc) is 2.32. The average molecular weight is 230 g/mol. The third kappa shape index (κ3) is 3.27. The van der Waals surface area contributed by atoms with Crippen LogP contribution in [0.5, 0.6) is 5.75 Å². The van der Waals surface area contributed by atoms with E-state index in [1.807, 2.05) is 0 Å². The third-order valence-corrected chi connectivity index (χ3v) is 3.23. The van der Waals surface area contributed by atoms with E-state index in [0.29, 0.717) is 0 Å². The van der Waals surface area contributed by atoms with Crippen molar-refractivity contribution in [2.45, 2.75) is 47.0 Å². The van der Waals surface area contributed by atoms with Crippen LogP contribution in [0.2, 0.25) is 0 Å². The van der Waals surface area contributed by atoms with E-state index >= 15 is 0 Å². The molecule has 0 heterocycles.